The maximum Gasteiger partial charge on any atom is 0.488 e. The number of carbonyl (C=O) groups is 1. The van der Waals surface area contributed by atoms with Gasteiger partial charge < -0.3 is 20.7 Å². The molecule has 0 unspecified atom stereocenters. The quantitative estimate of drug-likeness (QED) is 0.360. The zero-order chi connectivity index (χ0) is 21.3. The first-order valence-corrected chi connectivity index (χ1v) is 9.22. The number of anilines is 1. The normalized spacial score (nSPS) is 10.8. The fraction of sp³-hybridized carbons (Fsp3) is 0.100. The average molecular weight is 402 g/mol. The minimum absolute atomic E-state index is 0.245. The monoisotopic (exact) mass is 402 g/mol. The molecule has 2 heterocycles. The van der Waals surface area contributed by atoms with E-state index in [0.717, 1.165) is 16.6 Å². The fourth-order valence-corrected chi connectivity index (χ4v) is 3.29. The summed E-state index contributed by atoms with van der Waals surface area (Å²) in [6.45, 7) is 0. The van der Waals surface area contributed by atoms with E-state index >= 15 is 0 Å². The molecule has 0 aliphatic rings. The standard InChI is InChI=1S/C20H19BN6O3/c1-22-18-10-24-26-17-7-12(3-5-15(17)18)16-8-14(21(29)30)4-6-19(16)27-11-13(9-25-27)20(28)23-2/h3-11,29-30H,1-2H3,(H,22,26)(H,23,28). The topological polar surface area (TPSA) is 125 Å². The lowest BCUT2D eigenvalue weighted by Gasteiger charge is -2.13. The van der Waals surface area contributed by atoms with Gasteiger partial charge in [-0.1, -0.05) is 18.2 Å². The molecule has 0 fully saturated rings. The van der Waals surface area contributed by atoms with Crippen molar-refractivity contribution in [2.45, 2.75) is 0 Å². The Hall–Kier alpha value is -3.76. The van der Waals surface area contributed by atoms with Crippen LogP contribution in [0.3, 0.4) is 0 Å². The van der Waals surface area contributed by atoms with E-state index in [4.69, 9.17) is 0 Å². The molecule has 4 rings (SSSR count). The number of fused-ring (bicyclic) bond motifs is 1. The summed E-state index contributed by atoms with van der Waals surface area (Å²) in [7, 11) is 1.75. The van der Waals surface area contributed by atoms with Crippen molar-refractivity contribution in [2.75, 3.05) is 19.4 Å². The lowest BCUT2D eigenvalue weighted by Crippen LogP contribution is -2.30. The average Bonchev–Trinajstić information content (AvgIpc) is 3.27. The second-order valence-corrected chi connectivity index (χ2v) is 6.64. The van der Waals surface area contributed by atoms with Crippen molar-refractivity contribution in [3.8, 4) is 16.8 Å². The van der Waals surface area contributed by atoms with Crippen LogP contribution in [-0.2, 0) is 0 Å². The van der Waals surface area contributed by atoms with Crippen molar-refractivity contribution in [3.63, 3.8) is 0 Å². The lowest BCUT2D eigenvalue weighted by atomic mass is 9.78. The van der Waals surface area contributed by atoms with E-state index in [1.165, 1.54) is 6.20 Å². The van der Waals surface area contributed by atoms with Crippen LogP contribution in [0, 0.1) is 0 Å². The Morgan fingerprint density at radius 2 is 1.93 bits per heavy atom. The van der Waals surface area contributed by atoms with Crippen molar-refractivity contribution in [3.05, 3.63) is 60.6 Å². The number of hydrogen-bond acceptors (Lipinski definition) is 7. The molecule has 0 atom stereocenters. The molecule has 0 saturated heterocycles. The van der Waals surface area contributed by atoms with Crippen LogP contribution in [0.5, 0.6) is 0 Å². The molecule has 4 aromatic rings. The fourth-order valence-electron chi connectivity index (χ4n) is 3.29. The van der Waals surface area contributed by atoms with E-state index in [0.29, 0.717) is 27.8 Å². The van der Waals surface area contributed by atoms with E-state index in [2.05, 4.69) is 25.9 Å². The SMILES string of the molecule is CNC(=O)c1cnn(-c2ccc(B(O)O)cc2-c2ccc3c(NC)cnnc3c2)c1. The number of amides is 1. The molecule has 0 aliphatic carbocycles. The molecule has 0 bridgehead atoms. The van der Waals surface area contributed by atoms with Crippen molar-refractivity contribution >= 4 is 35.1 Å². The number of carbonyl (C=O) groups excluding carboxylic acids is 1. The predicted octanol–water partition coefficient (Wildman–Crippen LogP) is 0.564. The van der Waals surface area contributed by atoms with Crippen molar-refractivity contribution in [1.82, 2.24) is 25.3 Å². The van der Waals surface area contributed by atoms with Gasteiger partial charge in [0.2, 0.25) is 0 Å². The highest BCUT2D eigenvalue weighted by Crippen LogP contribution is 2.30. The molecule has 9 nitrogen and oxygen atoms in total. The van der Waals surface area contributed by atoms with Gasteiger partial charge in [0.25, 0.3) is 5.91 Å². The molecule has 2 aromatic carbocycles. The van der Waals surface area contributed by atoms with Gasteiger partial charge in [0, 0.05) is 31.2 Å². The van der Waals surface area contributed by atoms with Gasteiger partial charge in [0.15, 0.2) is 0 Å². The Morgan fingerprint density at radius 1 is 1.10 bits per heavy atom. The number of rotatable bonds is 5. The highest BCUT2D eigenvalue weighted by Gasteiger charge is 2.17. The van der Waals surface area contributed by atoms with Gasteiger partial charge in [-0.25, -0.2) is 4.68 Å². The van der Waals surface area contributed by atoms with Crippen LogP contribution in [0.15, 0.2) is 55.0 Å². The second kappa shape index (κ2) is 7.93. The molecule has 10 heteroatoms. The van der Waals surface area contributed by atoms with Gasteiger partial charge in [-0.2, -0.15) is 15.3 Å². The highest BCUT2D eigenvalue weighted by atomic mass is 16.4. The van der Waals surface area contributed by atoms with Gasteiger partial charge in [0.05, 0.1) is 34.8 Å². The van der Waals surface area contributed by atoms with E-state index in [-0.39, 0.29) is 5.91 Å². The maximum absolute atomic E-state index is 11.9. The molecule has 2 aromatic heterocycles. The summed E-state index contributed by atoms with van der Waals surface area (Å²) in [6.07, 6.45) is 4.75. The predicted molar refractivity (Wildman–Crippen MR) is 115 cm³/mol. The minimum Gasteiger partial charge on any atom is -0.423 e. The number of hydrogen-bond donors (Lipinski definition) is 4. The Labute approximate surface area is 172 Å². The molecule has 150 valence electrons. The zero-order valence-electron chi connectivity index (χ0n) is 16.4. The summed E-state index contributed by atoms with van der Waals surface area (Å²) in [5, 5.41) is 38.4. The zero-order valence-corrected chi connectivity index (χ0v) is 16.4. The third kappa shape index (κ3) is 3.49. The molecule has 0 radical (unpaired) electrons. The van der Waals surface area contributed by atoms with Crippen LogP contribution in [0.4, 0.5) is 5.69 Å². The molecule has 30 heavy (non-hydrogen) atoms. The highest BCUT2D eigenvalue weighted by molar-refractivity contribution is 6.58. The first-order valence-electron chi connectivity index (χ1n) is 9.22. The molecule has 0 aliphatic heterocycles. The van der Waals surface area contributed by atoms with Crippen molar-refractivity contribution < 1.29 is 14.8 Å². The number of nitrogens with zero attached hydrogens (tertiary/aromatic N) is 4. The summed E-state index contributed by atoms with van der Waals surface area (Å²) in [5.74, 6) is -0.245. The second-order valence-electron chi connectivity index (χ2n) is 6.64. The molecule has 0 spiro atoms. The Balaban J connectivity index is 1.89. The smallest absolute Gasteiger partial charge is 0.423 e. The van der Waals surface area contributed by atoms with Crippen molar-refractivity contribution in [2.24, 2.45) is 0 Å². The Bertz CT molecular complexity index is 1240. The number of nitrogens with one attached hydrogen (secondary N) is 2. The van der Waals surface area contributed by atoms with Gasteiger partial charge in [-0.3, -0.25) is 4.79 Å². The van der Waals surface area contributed by atoms with E-state index in [1.54, 1.807) is 42.3 Å². The first kappa shape index (κ1) is 19.6. The van der Waals surface area contributed by atoms with E-state index in [9.17, 15) is 14.8 Å². The van der Waals surface area contributed by atoms with E-state index in [1.807, 2.05) is 25.2 Å². The van der Waals surface area contributed by atoms with Gasteiger partial charge in [0.1, 0.15) is 0 Å². The van der Waals surface area contributed by atoms with Crippen LogP contribution < -0.4 is 16.1 Å². The molecule has 0 saturated carbocycles. The first-order chi connectivity index (χ1) is 14.5. The third-order valence-corrected chi connectivity index (χ3v) is 4.86. The van der Waals surface area contributed by atoms with Gasteiger partial charge >= 0.3 is 7.12 Å². The van der Waals surface area contributed by atoms with Crippen LogP contribution in [0.25, 0.3) is 27.7 Å². The van der Waals surface area contributed by atoms with Gasteiger partial charge in [-0.15, -0.1) is 0 Å². The van der Waals surface area contributed by atoms with Gasteiger partial charge in [-0.05, 0) is 29.2 Å². The summed E-state index contributed by atoms with van der Waals surface area (Å²) >= 11 is 0. The summed E-state index contributed by atoms with van der Waals surface area (Å²) in [6, 6.07) is 10.7. The molecule has 4 N–H and O–H groups in total. The van der Waals surface area contributed by atoms with Crippen LogP contribution >= 0.6 is 0 Å². The summed E-state index contributed by atoms with van der Waals surface area (Å²) in [5.41, 5.74) is 4.46. The summed E-state index contributed by atoms with van der Waals surface area (Å²) in [4.78, 5) is 11.9. The summed E-state index contributed by atoms with van der Waals surface area (Å²) < 4.78 is 1.58. The third-order valence-electron chi connectivity index (χ3n) is 4.86. The lowest BCUT2D eigenvalue weighted by molar-refractivity contribution is 0.0963. The maximum atomic E-state index is 11.9. The van der Waals surface area contributed by atoms with Crippen LogP contribution in [0.1, 0.15) is 10.4 Å². The van der Waals surface area contributed by atoms with Crippen molar-refractivity contribution in [1.29, 1.82) is 0 Å². The molecular formula is C20H19BN6O3. The number of benzene rings is 2. The van der Waals surface area contributed by atoms with E-state index < -0.39 is 7.12 Å². The molecular weight excluding hydrogens is 383 g/mol. The molecule has 1 amide bonds. The largest absolute Gasteiger partial charge is 0.488 e. The Kier molecular flexibility index (Phi) is 5.17. The van der Waals surface area contributed by atoms with Crippen LogP contribution in [0.2, 0.25) is 0 Å². The van der Waals surface area contributed by atoms with Crippen LogP contribution in [-0.4, -0.2) is 57.1 Å². The Morgan fingerprint density at radius 3 is 2.67 bits per heavy atom. The number of aromatic nitrogens is 4. The minimum atomic E-state index is -1.62.